The highest BCUT2D eigenvalue weighted by Gasteiger charge is 2.31. The number of rotatable bonds is 10. The van der Waals surface area contributed by atoms with E-state index in [0.29, 0.717) is 47.7 Å². The maximum atomic E-state index is 14.1. The number of carbonyl (C=O) groups is 1. The van der Waals surface area contributed by atoms with Gasteiger partial charge in [0.2, 0.25) is 0 Å². The zero-order valence-electron chi connectivity index (χ0n) is 23.1. The van der Waals surface area contributed by atoms with Crippen LogP contribution in [0.25, 0.3) is 16.6 Å². The lowest BCUT2D eigenvalue weighted by atomic mass is 10.0. The fourth-order valence-corrected chi connectivity index (χ4v) is 5.04. The summed E-state index contributed by atoms with van der Waals surface area (Å²) in [6, 6.07) is 18.3. The van der Waals surface area contributed by atoms with E-state index in [1.165, 1.54) is 18.2 Å². The SMILES string of the molecule is CCc1ccc(-n2c(C(CC)N(CCC(C)C)C(=O)c3ccc([N+](=O)[O-])cc3Cl)nc3ccccc3c2=O)cc1. The van der Waals surface area contributed by atoms with Crippen LogP contribution in [0.5, 0.6) is 0 Å². The summed E-state index contributed by atoms with van der Waals surface area (Å²) in [7, 11) is 0. The Balaban J connectivity index is 1.92. The van der Waals surface area contributed by atoms with Crippen LogP contribution in [-0.4, -0.2) is 31.8 Å². The number of nitrogens with zero attached hydrogens (tertiary/aromatic N) is 4. The fourth-order valence-electron chi connectivity index (χ4n) is 4.79. The lowest BCUT2D eigenvalue weighted by molar-refractivity contribution is -0.384. The third-order valence-electron chi connectivity index (χ3n) is 7.07. The second-order valence-electron chi connectivity index (χ2n) is 10.2. The molecular formula is C31H33ClN4O4. The average Bonchev–Trinajstić information content (AvgIpc) is 2.95. The Morgan fingerprint density at radius 2 is 1.77 bits per heavy atom. The van der Waals surface area contributed by atoms with E-state index in [9.17, 15) is 19.7 Å². The molecule has 0 bridgehead atoms. The zero-order valence-corrected chi connectivity index (χ0v) is 23.9. The first kappa shape index (κ1) is 29.0. The molecule has 40 heavy (non-hydrogen) atoms. The molecule has 0 aliphatic heterocycles. The van der Waals surface area contributed by atoms with Gasteiger partial charge in [0, 0.05) is 18.7 Å². The van der Waals surface area contributed by atoms with Crippen LogP contribution in [0.3, 0.4) is 0 Å². The quantitative estimate of drug-likeness (QED) is 0.151. The van der Waals surface area contributed by atoms with E-state index in [0.717, 1.165) is 12.0 Å². The Morgan fingerprint density at radius 1 is 1.07 bits per heavy atom. The second-order valence-corrected chi connectivity index (χ2v) is 10.6. The van der Waals surface area contributed by atoms with Crippen LogP contribution in [-0.2, 0) is 6.42 Å². The average molecular weight is 561 g/mol. The molecule has 0 N–H and O–H groups in total. The van der Waals surface area contributed by atoms with Gasteiger partial charge in [0.1, 0.15) is 5.82 Å². The van der Waals surface area contributed by atoms with E-state index in [-0.39, 0.29) is 27.7 Å². The van der Waals surface area contributed by atoms with Crippen LogP contribution in [0.15, 0.2) is 71.5 Å². The first-order valence-electron chi connectivity index (χ1n) is 13.5. The first-order valence-corrected chi connectivity index (χ1v) is 13.9. The number of nitro groups is 1. The molecule has 3 aromatic carbocycles. The summed E-state index contributed by atoms with van der Waals surface area (Å²) in [4.78, 5) is 45.4. The lowest BCUT2D eigenvalue weighted by Gasteiger charge is -2.33. The molecule has 4 aromatic rings. The predicted molar refractivity (Wildman–Crippen MR) is 158 cm³/mol. The summed E-state index contributed by atoms with van der Waals surface area (Å²) < 4.78 is 1.60. The number of hydrogen-bond acceptors (Lipinski definition) is 5. The molecule has 1 heterocycles. The van der Waals surface area contributed by atoms with Gasteiger partial charge in [0.05, 0.1) is 38.1 Å². The monoisotopic (exact) mass is 560 g/mol. The maximum Gasteiger partial charge on any atom is 0.270 e. The smallest absolute Gasteiger partial charge is 0.270 e. The van der Waals surface area contributed by atoms with Crippen LogP contribution in [0.4, 0.5) is 5.69 Å². The number of carbonyl (C=O) groups excluding carboxylic acids is 1. The molecule has 9 heteroatoms. The van der Waals surface area contributed by atoms with Gasteiger partial charge in [-0.1, -0.05) is 63.6 Å². The second kappa shape index (κ2) is 12.4. The van der Waals surface area contributed by atoms with Crippen molar-refractivity contribution < 1.29 is 9.72 Å². The predicted octanol–water partition coefficient (Wildman–Crippen LogP) is 7.15. The normalized spacial score (nSPS) is 12.1. The van der Waals surface area contributed by atoms with Gasteiger partial charge in [-0.05, 0) is 61.1 Å². The number of non-ortho nitro benzene ring substituents is 1. The van der Waals surface area contributed by atoms with Gasteiger partial charge in [-0.25, -0.2) is 4.98 Å². The molecule has 0 saturated carbocycles. The minimum absolute atomic E-state index is 0.00242. The summed E-state index contributed by atoms with van der Waals surface area (Å²) >= 11 is 6.41. The van der Waals surface area contributed by atoms with Crippen molar-refractivity contribution in [3.8, 4) is 5.69 Å². The van der Waals surface area contributed by atoms with Crippen molar-refractivity contribution in [3.63, 3.8) is 0 Å². The van der Waals surface area contributed by atoms with E-state index < -0.39 is 11.0 Å². The summed E-state index contributed by atoms with van der Waals surface area (Å²) in [6.07, 6.45) is 2.05. The molecule has 0 fully saturated rings. The Bertz CT molecular complexity index is 1600. The number of para-hydroxylation sites is 1. The molecule has 8 nitrogen and oxygen atoms in total. The lowest BCUT2D eigenvalue weighted by Crippen LogP contribution is -2.39. The number of nitro benzene ring substituents is 1. The Kier molecular flexibility index (Phi) is 9.00. The van der Waals surface area contributed by atoms with Crippen molar-refractivity contribution in [3.05, 3.63) is 109 Å². The van der Waals surface area contributed by atoms with Crippen molar-refractivity contribution in [2.75, 3.05) is 6.54 Å². The molecule has 0 aliphatic carbocycles. The fraction of sp³-hybridized carbons (Fsp3) is 0.323. The first-order chi connectivity index (χ1) is 19.2. The summed E-state index contributed by atoms with van der Waals surface area (Å²) in [5.74, 6) is 0.377. The topological polar surface area (TPSA) is 98.3 Å². The van der Waals surface area contributed by atoms with Gasteiger partial charge < -0.3 is 4.90 Å². The van der Waals surface area contributed by atoms with Crippen molar-refractivity contribution in [2.45, 2.75) is 53.0 Å². The highest BCUT2D eigenvalue weighted by molar-refractivity contribution is 6.34. The Hall–Kier alpha value is -4.04. The summed E-state index contributed by atoms with van der Waals surface area (Å²) in [5.41, 5.74) is 2.11. The van der Waals surface area contributed by atoms with Crippen LogP contribution in [0.1, 0.15) is 68.3 Å². The number of aryl methyl sites for hydroxylation is 1. The summed E-state index contributed by atoms with van der Waals surface area (Å²) in [5, 5.41) is 11.7. The van der Waals surface area contributed by atoms with E-state index in [1.807, 2.05) is 43.3 Å². The van der Waals surface area contributed by atoms with Crippen molar-refractivity contribution in [2.24, 2.45) is 5.92 Å². The van der Waals surface area contributed by atoms with Crippen molar-refractivity contribution in [1.82, 2.24) is 14.5 Å². The molecule has 1 aromatic heterocycles. The van der Waals surface area contributed by atoms with Crippen LogP contribution in [0.2, 0.25) is 5.02 Å². The highest BCUT2D eigenvalue weighted by atomic mass is 35.5. The van der Waals surface area contributed by atoms with Gasteiger partial charge in [0.25, 0.3) is 17.2 Å². The van der Waals surface area contributed by atoms with Crippen molar-refractivity contribution >= 4 is 34.1 Å². The minimum Gasteiger partial charge on any atom is -0.328 e. The van der Waals surface area contributed by atoms with E-state index >= 15 is 0 Å². The molecular weight excluding hydrogens is 528 g/mol. The summed E-state index contributed by atoms with van der Waals surface area (Å²) in [6.45, 7) is 8.55. The molecule has 1 atom stereocenters. The van der Waals surface area contributed by atoms with E-state index in [1.54, 1.807) is 21.6 Å². The molecule has 0 radical (unpaired) electrons. The van der Waals surface area contributed by atoms with Gasteiger partial charge in [0.15, 0.2) is 0 Å². The molecule has 4 rings (SSSR count). The number of amides is 1. The van der Waals surface area contributed by atoms with Gasteiger partial charge in [-0.15, -0.1) is 0 Å². The molecule has 0 spiro atoms. The standard InChI is InChI=1S/C31H33ClN4O4/c1-5-21-11-13-22(14-12-21)35-29(33-27-10-8-7-9-25(27)31(35)38)28(6-2)34(18-17-20(3)4)30(37)24-16-15-23(36(39)40)19-26(24)32/h7-16,19-20,28H,5-6,17-18H2,1-4H3. The minimum atomic E-state index is -0.569. The Morgan fingerprint density at radius 3 is 2.38 bits per heavy atom. The highest BCUT2D eigenvalue weighted by Crippen LogP contribution is 2.31. The number of halogens is 1. The number of aromatic nitrogens is 2. The third kappa shape index (κ3) is 5.92. The molecule has 0 aliphatic rings. The number of hydrogen-bond donors (Lipinski definition) is 0. The van der Waals surface area contributed by atoms with E-state index in [2.05, 4.69) is 20.8 Å². The third-order valence-corrected chi connectivity index (χ3v) is 7.38. The zero-order chi connectivity index (χ0) is 29.0. The van der Waals surface area contributed by atoms with Crippen LogP contribution in [0, 0.1) is 16.0 Å². The molecule has 1 unspecified atom stereocenters. The number of fused-ring (bicyclic) bond motifs is 1. The van der Waals surface area contributed by atoms with Gasteiger partial charge in [-0.3, -0.25) is 24.3 Å². The maximum absolute atomic E-state index is 14.1. The van der Waals surface area contributed by atoms with E-state index in [4.69, 9.17) is 16.6 Å². The van der Waals surface area contributed by atoms with Gasteiger partial charge in [-0.2, -0.15) is 0 Å². The molecule has 208 valence electrons. The number of benzene rings is 3. The largest absolute Gasteiger partial charge is 0.328 e. The van der Waals surface area contributed by atoms with Crippen molar-refractivity contribution in [1.29, 1.82) is 0 Å². The molecule has 0 saturated heterocycles. The van der Waals surface area contributed by atoms with Crippen LogP contribution < -0.4 is 5.56 Å². The molecule has 1 amide bonds. The Labute approximate surface area is 238 Å². The van der Waals surface area contributed by atoms with Gasteiger partial charge >= 0.3 is 0 Å². The van der Waals surface area contributed by atoms with Crippen LogP contribution >= 0.6 is 11.6 Å².